The molecule has 0 bridgehead atoms. The van der Waals surface area contributed by atoms with Gasteiger partial charge in [-0.15, -0.1) is 11.3 Å². The van der Waals surface area contributed by atoms with Gasteiger partial charge in [0.05, 0.1) is 6.54 Å². The second kappa shape index (κ2) is 4.31. The normalized spacial score (nSPS) is 10.2. The molecule has 2 rings (SSSR count). The van der Waals surface area contributed by atoms with Gasteiger partial charge in [0.15, 0.2) is 0 Å². The number of hydrogen-bond donors (Lipinski definition) is 2. The van der Waals surface area contributed by atoms with E-state index in [2.05, 4.69) is 16.4 Å². The zero-order chi connectivity index (χ0) is 10.7. The molecule has 0 aliphatic heterocycles. The van der Waals surface area contributed by atoms with Crippen LogP contribution in [0.25, 0.3) is 0 Å². The van der Waals surface area contributed by atoms with Crippen LogP contribution in [0.3, 0.4) is 0 Å². The average Bonchev–Trinajstić information content (AvgIpc) is 2.65. The van der Waals surface area contributed by atoms with Crippen LogP contribution in [-0.2, 0) is 6.54 Å². The van der Waals surface area contributed by atoms with E-state index in [1.54, 1.807) is 11.3 Å². The molecule has 0 unspecified atom stereocenters. The van der Waals surface area contributed by atoms with Crippen molar-refractivity contribution in [3.05, 3.63) is 40.3 Å². The number of hydrogen-bond acceptors (Lipinski definition) is 4. The van der Waals surface area contributed by atoms with E-state index in [0.717, 1.165) is 28.5 Å². The summed E-state index contributed by atoms with van der Waals surface area (Å²) < 4.78 is 0. The van der Waals surface area contributed by atoms with Gasteiger partial charge in [0.2, 0.25) is 0 Å². The van der Waals surface area contributed by atoms with Crippen LogP contribution in [0.2, 0.25) is 0 Å². The van der Waals surface area contributed by atoms with Crippen molar-refractivity contribution in [2.45, 2.75) is 13.5 Å². The lowest BCUT2D eigenvalue weighted by molar-refractivity contribution is 1.10. The molecule has 0 fully saturated rings. The van der Waals surface area contributed by atoms with Crippen LogP contribution in [0, 0.1) is 6.92 Å². The molecular weight excluding hydrogens is 206 g/mol. The Morgan fingerprint density at radius 2 is 2.27 bits per heavy atom. The molecule has 0 radical (unpaired) electrons. The highest BCUT2D eigenvalue weighted by Crippen LogP contribution is 2.17. The summed E-state index contributed by atoms with van der Waals surface area (Å²) in [7, 11) is 0. The Morgan fingerprint density at radius 1 is 1.40 bits per heavy atom. The Bertz CT molecular complexity index is 417. The molecule has 3 nitrogen and oxygen atoms in total. The van der Waals surface area contributed by atoms with Gasteiger partial charge in [0.1, 0.15) is 5.01 Å². The van der Waals surface area contributed by atoms with E-state index in [1.165, 1.54) is 0 Å². The summed E-state index contributed by atoms with van der Waals surface area (Å²) in [4.78, 5) is 4.20. The Balaban J connectivity index is 2.05. The van der Waals surface area contributed by atoms with Gasteiger partial charge in [-0.3, -0.25) is 0 Å². The maximum Gasteiger partial charge on any atom is 0.112 e. The van der Waals surface area contributed by atoms with E-state index in [4.69, 9.17) is 5.73 Å². The smallest absolute Gasteiger partial charge is 0.112 e. The first kappa shape index (κ1) is 9.98. The number of aryl methyl sites for hydroxylation is 1. The van der Waals surface area contributed by atoms with Crippen LogP contribution in [0.1, 0.15) is 10.6 Å². The topological polar surface area (TPSA) is 50.9 Å². The zero-order valence-electron chi connectivity index (χ0n) is 8.53. The highest BCUT2D eigenvalue weighted by atomic mass is 32.1. The SMILES string of the molecule is Cc1cc(N)cc(NCc2nccs2)c1. The second-order valence-electron chi connectivity index (χ2n) is 3.41. The number of nitrogen functional groups attached to an aromatic ring is 1. The fourth-order valence-electron chi connectivity index (χ4n) is 1.43. The fraction of sp³-hybridized carbons (Fsp3) is 0.182. The van der Waals surface area contributed by atoms with Crippen LogP contribution in [0.5, 0.6) is 0 Å². The molecule has 1 aromatic carbocycles. The molecule has 0 spiro atoms. The molecule has 3 N–H and O–H groups in total. The molecule has 78 valence electrons. The molecule has 2 aromatic rings. The summed E-state index contributed by atoms with van der Waals surface area (Å²) in [5.74, 6) is 0. The van der Waals surface area contributed by atoms with Gasteiger partial charge in [-0.2, -0.15) is 0 Å². The highest BCUT2D eigenvalue weighted by molar-refractivity contribution is 7.09. The second-order valence-corrected chi connectivity index (χ2v) is 4.39. The quantitative estimate of drug-likeness (QED) is 0.780. The fourth-order valence-corrected chi connectivity index (χ4v) is 1.99. The summed E-state index contributed by atoms with van der Waals surface area (Å²) in [5, 5.41) is 6.35. The third kappa shape index (κ3) is 2.70. The number of nitrogens with two attached hydrogens (primary N) is 1. The predicted molar refractivity (Wildman–Crippen MR) is 65.0 cm³/mol. The van der Waals surface area contributed by atoms with Crippen LogP contribution in [0.15, 0.2) is 29.8 Å². The Kier molecular flexibility index (Phi) is 2.87. The molecule has 4 heteroatoms. The standard InChI is InChI=1S/C11H13N3S/c1-8-4-9(12)6-10(5-8)14-7-11-13-2-3-15-11/h2-6,14H,7,12H2,1H3. The third-order valence-corrected chi connectivity index (χ3v) is 2.81. The molecule has 0 atom stereocenters. The number of thiazole rings is 1. The first-order chi connectivity index (χ1) is 7.24. The van der Waals surface area contributed by atoms with Crippen molar-refractivity contribution in [1.82, 2.24) is 4.98 Å². The maximum absolute atomic E-state index is 5.76. The van der Waals surface area contributed by atoms with Crippen LogP contribution < -0.4 is 11.1 Å². The molecule has 1 heterocycles. The number of rotatable bonds is 3. The summed E-state index contributed by atoms with van der Waals surface area (Å²) in [6, 6.07) is 5.96. The molecule has 0 saturated carbocycles. The maximum atomic E-state index is 5.76. The van der Waals surface area contributed by atoms with Crippen LogP contribution in [0.4, 0.5) is 11.4 Å². The number of aromatic nitrogens is 1. The van der Waals surface area contributed by atoms with Gasteiger partial charge in [-0.05, 0) is 30.7 Å². The molecule has 1 aromatic heterocycles. The summed E-state index contributed by atoms with van der Waals surface area (Å²) in [6.07, 6.45) is 1.81. The minimum Gasteiger partial charge on any atom is -0.399 e. The van der Waals surface area contributed by atoms with Crippen molar-refractivity contribution >= 4 is 22.7 Å². The first-order valence-corrected chi connectivity index (χ1v) is 5.61. The van der Waals surface area contributed by atoms with E-state index >= 15 is 0 Å². The highest BCUT2D eigenvalue weighted by Gasteiger charge is 1.97. The lowest BCUT2D eigenvalue weighted by atomic mass is 10.2. The minimum atomic E-state index is 0.751. The first-order valence-electron chi connectivity index (χ1n) is 4.73. The van der Waals surface area contributed by atoms with E-state index in [-0.39, 0.29) is 0 Å². The van der Waals surface area contributed by atoms with Gasteiger partial charge in [-0.25, -0.2) is 4.98 Å². The van der Waals surface area contributed by atoms with Crippen molar-refractivity contribution < 1.29 is 0 Å². The summed E-state index contributed by atoms with van der Waals surface area (Å²) >= 11 is 1.65. The molecule has 0 aliphatic rings. The minimum absolute atomic E-state index is 0.751. The van der Waals surface area contributed by atoms with Crippen LogP contribution in [-0.4, -0.2) is 4.98 Å². The summed E-state index contributed by atoms with van der Waals surface area (Å²) in [5.41, 5.74) is 8.75. The average molecular weight is 219 g/mol. The number of benzene rings is 1. The third-order valence-electron chi connectivity index (χ3n) is 2.03. The Labute approximate surface area is 93.0 Å². The van der Waals surface area contributed by atoms with E-state index in [9.17, 15) is 0 Å². The van der Waals surface area contributed by atoms with Crippen molar-refractivity contribution in [3.8, 4) is 0 Å². The van der Waals surface area contributed by atoms with E-state index < -0.39 is 0 Å². The van der Waals surface area contributed by atoms with Gasteiger partial charge >= 0.3 is 0 Å². The van der Waals surface area contributed by atoms with Gasteiger partial charge in [0, 0.05) is 23.0 Å². The largest absolute Gasteiger partial charge is 0.399 e. The van der Waals surface area contributed by atoms with E-state index in [1.807, 2.05) is 30.6 Å². The molecule has 0 saturated heterocycles. The van der Waals surface area contributed by atoms with Crippen molar-refractivity contribution in [3.63, 3.8) is 0 Å². The molecule has 15 heavy (non-hydrogen) atoms. The molecular formula is C11H13N3S. The summed E-state index contributed by atoms with van der Waals surface area (Å²) in [6.45, 7) is 2.78. The van der Waals surface area contributed by atoms with Crippen molar-refractivity contribution in [2.75, 3.05) is 11.1 Å². The van der Waals surface area contributed by atoms with Gasteiger partial charge in [-0.1, -0.05) is 0 Å². The van der Waals surface area contributed by atoms with Crippen molar-refractivity contribution in [1.29, 1.82) is 0 Å². The van der Waals surface area contributed by atoms with Gasteiger partial charge in [0.25, 0.3) is 0 Å². The Hall–Kier alpha value is -1.55. The van der Waals surface area contributed by atoms with Crippen LogP contribution >= 0.6 is 11.3 Å². The van der Waals surface area contributed by atoms with Crippen molar-refractivity contribution in [2.24, 2.45) is 0 Å². The predicted octanol–water partition coefficient (Wildman–Crippen LogP) is 2.65. The lowest BCUT2D eigenvalue weighted by Crippen LogP contribution is -1.99. The van der Waals surface area contributed by atoms with Gasteiger partial charge < -0.3 is 11.1 Å². The molecule has 0 amide bonds. The monoisotopic (exact) mass is 219 g/mol. The molecule has 0 aliphatic carbocycles. The number of anilines is 2. The Morgan fingerprint density at radius 3 is 2.93 bits per heavy atom. The number of nitrogens with one attached hydrogen (secondary N) is 1. The number of nitrogens with zero attached hydrogens (tertiary/aromatic N) is 1. The van der Waals surface area contributed by atoms with E-state index in [0.29, 0.717) is 0 Å². The zero-order valence-corrected chi connectivity index (χ0v) is 9.34. The lowest BCUT2D eigenvalue weighted by Gasteiger charge is -2.06.